The molecule has 4 nitrogen and oxygen atoms in total. The van der Waals surface area contributed by atoms with Gasteiger partial charge in [0.1, 0.15) is 0 Å². The number of benzene rings is 1. The quantitative estimate of drug-likeness (QED) is 0.777. The van der Waals surface area contributed by atoms with E-state index in [1.54, 1.807) is 26.3 Å². The van der Waals surface area contributed by atoms with E-state index in [0.29, 0.717) is 24.0 Å². The molecule has 21 heavy (non-hydrogen) atoms. The number of likely N-dealkylation sites (N-methyl/N-ethyl adjacent to an activating group) is 1. The summed E-state index contributed by atoms with van der Waals surface area (Å²) in [5.41, 5.74) is 1.17. The summed E-state index contributed by atoms with van der Waals surface area (Å²) >= 11 is 0. The van der Waals surface area contributed by atoms with Gasteiger partial charge in [-0.2, -0.15) is 4.31 Å². The van der Waals surface area contributed by atoms with Crippen molar-refractivity contribution in [1.29, 1.82) is 0 Å². The smallest absolute Gasteiger partial charge is 0.242 e. The van der Waals surface area contributed by atoms with Crippen LogP contribution in [0.2, 0.25) is 0 Å². The number of hydrogen-bond acceptors (Lipinski definition) is 3. The minimum absolute atomic E-state index is 0.0181. The van der Waals surface area contributed by atoms with E-state index in [1.165, 1.54) is 4.31 Å². The average molecular weight is 313 g/mol. The Balaban J connectivity index is 3.02. The van der Waals surface area contributed by atoms with E-state index in [-0.39, 0.29) is 5.41 Å². The van der Waals surface area contributed by atoms with Crippen LogP contribution in [0.15, 0.2) is 29.2 Å². The third-order valence-corrected chi connectivity index (χ3v) is 6.23. The number of nitrogens with zero attached hydrogens (tertiary/aromatic N) is 1. The molecule has 0 aliphatic rings. The molecule has 5 heteroatoms. The Morgan fingerprint density at radius 3 is 2.14 bits per heavy atom. The summed E-state index contributed by atoms with van der Waals surface area (Å²) in [5, 5.41) is 0. The van der Waals surface area contributed by atoms with Crippen molar-refractivity contribution >= 4 is 10.0 Å². The van der Waals surface area contributed by atoms with Crippen molar-refractivity contribution < 1.29 is 13.2 Å². The van der Waals surface area contributed by atoms with Gasteiger partial charge < -0.3 is 4.74 Å². The lowest BCUT2D eigenvalue weighted by atomic mass is 9.75. The zero-order chi connectivity index (χ0) is 16.3. The Morgan fingerprint density at radius 2 is 1.71 bits per heavy atom. The summed E-state index contributed by atoms with van der Waals surface area (Å²) in [7, 11) is -0.312. The molecule has 0 unspecified atom stereocenters. The van der Waals surface area contributed by atoms with Crippen molar-refractivity contribution in [3.8, 4) is 0 Å². The van der Waals surface area contributed by atoms with Crippen LogP contribution in [0.1, 0.15) is 33.3 Å². The maximum atomic E-state index is 12.4. The van der Waals surface area contributed by atoms with E-state index in [2.05, 4.69) is 27.7 Å². The van der Waals surface area contributed by atoms with E-state index < -0.39 is 10.0 Å². The SMILES string of the molecule is COCCN(C)S(=O)(=O)c1ccc(C(C)(C)C(C)C)cc1. The first kappa shape index (κ1) is 18.1. The summed E-state index contributed by atoms with van der Waals surface area (Å²) in [4.78, 5) is 0.324. The summed E-state index contributed by atoms with van der Waals surface area (Å²) in [5.74, 6) is 0.476. The third-order valence-electron chi connectivity index (χ3n) is 4.36. The zero-order valence-electron chi connectivity index (χ0n) is 13.9. The van der Waals surface area contributed by atoms with Gasteiger partial charge in [0.25, 0.3) is 0 Å². The molecule has 0 fully saturated rings. The second-order valence-electron chi connectivity index (χ2n) is 6.22. The minimum atomic E-state index is -3.44. The molecule has 0 bridgehead atoms. The maximum Gasteiger partial charge on any atom is 0.242 e. The fourth-order valence-corrected chi connectivity index (χ4v) is 3.06. The number of hydrogen-bond donors (Lipinski definition) is 0. The highest BCUT2D eigenvalue weighted by Crippen LogP contribution is 2.31. The fourth-order valence-electron chi connectivity index (χ4n) is 1.91. The average Bonchev–Trinajstić information content (AvgIpc) is 2.44. The van der Waals surface area contributed by atoms with Crippen molar-refractivity contribution in [2.75, 3.05) is 27.3 Å². The highest BCUT2D eigenvalue weighted by atomic mass is 32.2. The number of ether oxygens (including phenoxy) is 1. The highest BCUT2D eigenvalue weighted by Gasteiger charge is 2.26. The largest absolute Gasteiger partial charge is 0.383 e. The molecule has 0 radical (unpaired) electrons. The molecule has 1 aromatic rings. The molecule has 0 aliphatic heterocycles. The lowest BCUT2D eigenvalue weighted by Gasteiger charge is -2.30. The van der Waals surface area contributed by atoms with Crippen LogP contribution in [0.5, 0.6) is 0 Å². The van der Waals surface area contributed by atoms with Gasteiger partial charge in [-0.15, -0.1) is 0 Å². The summed E-state index contributed by atoms with van der Waals surface area (Å²) < 4.78 is 31.1. The Labute approximate surface area is 129 Å². The standard InChI is InChI=1S/C16H27NO3S/c1-13(2)16(3,4)14-7-9-15(10-8-14)21(18,19)17(5)11-12-20-6/h7-10,13H,11-12H2,1-6H3. The Kier molecular flexibility index (Phi) is 5.96. The molecule has 120 valence electrons. The van der Waals surface area contributed by atoms with Crippen LogP contribution in [-0.4, -0.2) is 40.0 Å². The second kappa shape index (κ2) is 6.90. The molecule has 0 heterocycles. The van der Waals surface area contributed by atoms with Gasteiger partial charge in [0.05, 0.1) is 11.5 Å². The van der Waals surface area contributed by atoms with Gasteiger partial charge in [0.2, 0.25) is 10.0 Å². The topological polar surface area (TPSA) is 46.6 Å². The molecule has 0 spiro atoms. The summed E-state index contributed by atoms with van der Waals surface area (Å²) in [6.45, 7) is 9.41. The van der Waals surface area contributed by atoms with Crippen LogP contribution in [-0.2, 0) is 20.2 Å². The predicted octanol–water partition coefficient (Wildman–Crippen LogP) is 2.89. The summed E-state index contributed by atoms with van der Waals surface area (Å²) in [6, 6.07) is 7.21. The van der Waals surface area contributed by atoms with Crippen LogP contribution in [0.3, 0.4) is 0 Å². The lowest BCUT2D eigenvalue weighted by Crippen LogP contribution is -2.30. The van der Waals surface area contributed by atoms with Gasteiger partial charge in [-0.05, 0) is 29.0 Å². The van der Waals surface area contributed by atoms with Gasteiger partial charge in [0.15, 0.2) is 0 Å². The normalized spacial score (nSPS) is 13.1. The molecular formula is C16H27NO3S. The lowest BCUT2D eigenvalue weighted by molar-refractivity contribution is 0.185. The van der Waals surface area contributed by atoms with Crippen molar-refractivity contribution in [3.05, 3.63) is 29.8 Å². The first-order valence-corrected chi connectivity index (χ1v) is 8.64. The van der Waals surface area contributed by atoms with E-state index >= 15 is 0 Å². The van der Waals surface area contributed by atoms with E-state index in [4.69, 9.17) is 4.74 Å². The predicted molar refractivity (Wildman–Crippen MR) is 86.0 cm³/mol. The van der Waals surface area contributed by atoms with Gasteiger partial charge >= 0.3 is 0 Å². The third kappa shape index (κ3) is 4.05. The van der Waals surface area contributed by atoms with Crippen LogP contribution in [0.4, 0.5) is 0 Å². The van der Waals surface area contributed by atoms with Gasteiger partial charge in [0, 0.05) is 20.7 Å². The molecule has 0 atom stereocenters. The molecule has 1 rings (SSSR count). The molecular weight excluding hydrogens is 286 g/mol. The fraction of sp³-hybridized carbons (Fsp3) is 0.625. The van der Waals surface area contributed by atoms with Gasteiger partial charge in [-0.3, -0.25) is 0 Å². The first-order valence-electron chi connectivity index (χ1n) is 7.20. The monoisotopic (exact) mass is 313 g/mol. The Hall–Kier alpha value is -0.910. The van der Waals surface area contributed by atoms with Crippen molar-refractivity contribution in [3.63, 3.8) is 0 Å². The second-order valence-corrected chi connectivity index (χ2v) is 8.27. The van der Waals surface area contributed by atoms with Gasteiger partial charge in [-0.1, -0.05) is 39.8 Å². The van der Waals surface area contributed by atoms with E-state index in [1.807, 2.05) is 12.1 Å². The van der Waals surface area contributed by atoms with Gasteiger partial charge in [-0.25, -0.2) is 8.42 Å². The Bertz CT molecular complexity index is 547. The van der Waals surface area contributed by atoms with E-state index in [0.717, 1.165) is 5.56 Å². The highest BCUT2D eigenvalue weighted by molar-refractivity contribution is 7.89. The molecule has 0 saturated heterocycles. The van der Waals surface area contributed by atoms with Crippen molar-refractivity contribution in [2.45, 2.75) is 38.0 Å². The van der Waals surface area contributed by atoms with Crippen LogP contribution >= 0.6 is 0 Å². The Morgan fingerprint density at radius 1 is 1.19 bits per heavy atom. The molecule has 1 aromatic carbocycles. The summed E-state index contributed by atoms with van der Waals surface area (Å²) in [6.07, 6.45) is 0. The molecule has 0 saturated carbocycles. The number of methoxy groups -OCH3 is 1. The number of sulfonamides is 1. The van der Waals surface area contributed by atoms with E-state index in [9.17, 15) is 8.42 Å². The zero-order valence-corrected chi connectivity index (χ0v) is 14.7. The molecule has 0 N–H and O–H groups in total. The van der Waals surface area contributed by atoms with Crippen LogP contribution in [0, 0.1) is 5.92 Å². The maximum absolute atomic E-state index is 12.4. The molecule has 0 aromatic heterocycles. The van der Waals surface area contributed by atoms with Crippen LogP contribution in [0.25, 0.3) is 0 Å². The van der Waals surface area contributed by atoms with Crippen molar-refractivity contribution in [2.24, 2.45) is 5.92 Å². The molecule has 0 aliphatic carbocycles. The molecule has 0 amide bonds. The van der Waals surface area contributed by atoms with Crippen LogP contribution < -0.4 is 0 Å². The minimum Gasteiger partial charge on any atom is -0.383 e. The number of rotatable bonds is 7. The van der Waals surface area contributed by atoms with Crippen molar-refractivity contribution in [1.82, 2.24) is 4.31 Å². The first-order chi connectivity index (χ1) is 9.64.